The lowest BCUT2D eigenvalue weighted by atomic mass is 9.78. The second kappa shape index (κ2) is 29.4. The quantitative estimate of drug-likeness (QED) is 0.0258. The average Bonchev–Trinajstić information content (AvgIpc) is 2.09. The van der Waals surface area contributed by atoms with Crippen molar-refractivity contribution in [1.82, 2.24) is 15.6 Å². The number of unbranched alkanes of at least 4 members (excludes halogenated alkanes) is 2. The molecule has 21 nitrogen and oxygen atoms in total. The van der Waals surface area contributed by atoms with Crippen LogP contribution < -0.4 is 31.3 Å². The summed E-state index contributed by atoms with van der Waals surface area (Å²) in [5.41, 5.74) is 5.63. The average molecular weight is 1200 g/mol. The fourth-order valence-electron chi connectivity index (χ4n) is 11.4. The molecular weight excluding hydrogens is 1120 g/mol. The summed E-state index contributed by atoms with van der Waals surface area (Å²) in [6, 6.07) is 10.2. The molecule has 5 amide bonds. The molecule has 2 saturated heterocycles. The number of carbonyl (C=O) groups excluding carboxylic acids is 8. The number of esters is 2. The fourth-order valence-corrected chi connectivity index (χ4v) is 11.7. The number of urea groups is 1. The number of primary amides is 1. The monoisotopic (exact) mass is 1200 g/mol. The van der Waals surface area contributed by atoms with Gasteiger partial charge in [-0.3, -0.25) is 39.1 Å². The minimum Gasteiger partial charge on any atom is -0.495 e. The number of aliphatic hydroxyl groups is 1. The largest absolute Gasteiger partial charge is 0.495 e. The van der Waals surface area contributed by atoms with Gasteiger partial charge >= 0.3 is 24.1 Å². The number of anilines is 2. The van der Waals surface area contributed by atoms with E-state index in [1.807, 2.05) is 33.8 Å². The van der Waals surface area contributed by atoms with E-state index < -0.39 is 83.4 Å². The van der Waals surface area contributed by atoms with E-state index in [1.165, 1.54) is 19.1 Å². The van der Waals surface area contributed by atoms with E-state index in [0.29, 0.717) is 72.4 Å². The lowest BCUT2D eigenvalue weighted by Gasteiger charge is -2.41. The number of rotatable bonds is 23. The topological polar surface area (TPSA) is 294 Å². The second-order valence-electron chi connectivity index (χ2n) is 23.7. The Kier molecular flexibility index (Phi) is 22.7. The Labute approximate surface area is 501 Å². The highest BCUT2D eigenvalue weighted by atomic mass is 35.5. The van der Waals surface area contributed by atoms with E-state index in [9.17, 15) is 43.5 Å². The first-order chi connectivity index (χ1) is 40.4. The molecule has 6 N–H and O–H groups in total. The van der Waals surface area contributed by atoms with Crippen LogP contribution in [0.5, 0.6) is 5.75 Å². The number of benzene rings is 2. The van der Waals surface area contributed by atoms with Crippen molar-refractivity contribution in [1.29, 1.82) is 0 Å². The molecular formula is C63H83ClN6O15. The molecule has 9 atom stereocenters. The van der Waals surface area contributed by atoms with Crippen LogP contribution >= 0.6 is 11.6 Å². The van der Waals surface area contributed by atoms with Crippen molar-refractivity contribution in [2.75, 3.05) is 44.6 Å². The Balaban J connectivity index is 1.03. The molecule has 3 aromatic rings. The van der Waals surface area contributed by atoms with Crippen molar-refractivity contribution in [2.24, 2.45) is 29.4 Å². The van der Waals surface area contributed by atoms with Gasteiger partial charge in [0, 0.05) is 68.6 Å². The van der Waals surface area contributed by atoms with Crippen LogP contribution in [0.25, 0.3) is 10.9 Å². The smallest absolute Gasteiger partial charge is 0.412 e. The van der Waals surface area contributed by atoms with Gasteiger partial charge in [-0.05, 0) is 113 Å². The van der Waals surface area contributed by atoms with Crippen LogP contribution in [0.4, 0.5) is 21.0 Å². The van der Waals surface area contributed by atoms with Gasteiger partial charge in [-0.2, -0.15) is 0 Å². The maximum Gasteiger partial charge on any atom is 0.412 e. The molecule has 1 aromatic heterocycles. The molecule has 4 bridgehead atoms. The summed E-state index contributed by atoms with van der Waals surface area (Å²) in [5.74, 6) is -3.21. The van der Waals surface area contributed by atoms with E-state index in [2.05, 4.69) is 16.0 Å². The SMILES string of the molecule is COc1cc2cc(c1Cl)N(C)C(=O)C[C@H](OC(=O)Nc1ccc3nc(CC(=O)[C@H](CCCNC(N)=O)NC(=O)[C@@H](CC(=O)CCCCCOC(=O)C4CCC4)C(C)C)ccc3c1)[C@]1(C)O[C@H]1[C@H](C)[C@@H]1C[C@@](O)(CC(=O)O1)[C@H](OC)/C=C/C=C(\C)C2. The molecule has 462 valence electrons. The predicted molar refractivity (Wildman–Crippen MR) is 318 cm³/mol. The zero-order valence-electron chi connectivity index (χ0n) is 50.0. The number of amides is 5. The Morgan fingerprint density at radius 2 is 1.78 bits per heavy atom. The number of allylic oxidation sites excluding steroid dienone is 3. The van der Waals surface area contributed by atoms with Gasteiger partial charge in [0.25, 0.3) is 0 Å². The number of nitrogens with one attached hydrogen (secondary N) is 3. The van der Waals surface area contributed by atoms with Gasteiger partial charge in [-0.25, -0.2) is 9.59 Å². The number of ether oxygens (including phenoxy) is 6. The van der Waals surface area contributed by atoms with Crippen LogP contribution in [0, 0.1) is 23.7 Å². The summed E-state index contributed by atoms with van der Waals surface area (Å²) in [7, 11) is 4.50. The highest BCUT2D eigenvalue weighted by Crippen LogP contribution is 2.50. The lowest BCUT2D eigenvalue weighted by Crippen LogP contribution is -2.53. The number of methoxy groups -OCH3 is 2. The van der Waals surface area contributed by atoms with E-state index in [0.717, 1.165) is 30.4 Å². The Hall–Kier alpha value is -6.94. The number of nitrogens with two attached hydrogens (primary N) is 1. The highest BCUT2D eigenvalue weighted by molar-refractivity contribution is 6.35. The van der Waals surface area contributed by atoms with Gasteiger partial charge < -0.3 is 54.8 Å². The molecule has 7 rings (SSSR count). The Morgan fingerprint density at radius 1 is 1.01 bits per heavy atom. The Morgan fingerprint density at radius 3 is 2.47 bits per heavy atom. The molecule has 4 heterocycles. The van der Waals surface area contributed by atoms with Crippen LogP contribution in [0.15, 0.2) is 66.3 Å². The van der Waals surface area contributed by atoms with Gasteiger partial charge in [0.05, 0.1) is 62.2 Å². The molecule has 2 aromatic carbocycles. The number of epoxide rings is 1. The number of hydrogen-bond donors (Lipinski definition) is 5. The number of hydrogen-bond acceptors (Lipinski definition) is 16. The predicted octanol–water partition coefficient (Wildman–Crippen LogP) is 8.35. The summed E-state index contributed by atoms with van der Waals surface area (Å²) >= 11 is 6.86. The molecule has 3 aliphatic heterocycles. The molecule has 0 radical (unpaired) electrons. The van der Waals surface area contributed by atoms with E-state index in [-0.39, 0.29) is 85.9 Å². The van der Waals surface area contributed by atoms with Crippen LogP contribution in [0.2, 0.25) is 5.02 Å². The van der Waals surface area contributed by atoms with E-state index in [4.69, 9.17) is 50.7 Å². The zero-order chi connectivity index (χ0) is 61.8. The van der Waals surface area contributed by atoms with Crippen molar-refractivity contribution < 1.29 is 71.9 Å². The summed E-state index contributed by atoms with van der Waals surface area (Å²) < 4.78 is 35.1. The maximum absolute atomic E-state index is 14.5. The van der Waals surface area contributed by atoms with E-state index >= 15 is 0 Å². The van der Waals surface area contributed by atoms with Gasteiger partial charge in [-0.15, -0.1) is 0 Å². The first-order valence-electron chi connectivity index (χ1n) is 29.4. The normalized spacial score (nSPS) is 25.2. The Bertz CT molecular complexity index is 3020. The molecule has 0 spiro atoms. The van der Waals surface area contributed by atoms with E-state index in [1.54, 1.807) is 68.6 Å². The maximum atomic E-state index is 14.5. The van der Waals surface area contributed by atoms with Crippen LogP contribution in [0.1, 0.15) is 129 Å². The molecule has 1 aliphatic carbocycles. The van der Waals surface area contributed by atoms with Crippen molar-refractivity contribution in [3.8, 4) is 5.75 Å². The fraction of sp³-hybridized carbons (Fsp3) is 0.571. The third kappa shape index (κ3) is 17.4. The minimum absolute atomic E-state index is 0.00216. The molecule has 0 unspecified atom stereocenters. The number of Topliss-reactive ketones (excluding diaryl/α,β-unsaturated/α-hetero) is 2. The lowest BCUT2D eigenvalue weighted by molar-refractivity contribution is -0.187. The van der Waals surface area contributed by atoms with Crippen molar-refractivity contribution in [3.05, 3.63) is 82.5 Å². The van der Waals surface area contributed by atoms with Crippen molar-refractivity contribution in [3.63, 3.8) is 0 Å². The summed E-state index contributed by atoms with van der Waals surface area (Å²) in [4.78, 5) is 112. The van der Waals surface area contributed by atoms with Gasteiger partial charge in [0.1, 0.15) is 46.1 Å². The number of aromatic nitrogens is 1. The third-order valence-electron chi connectivity index (χ3n) is 16.9. The third-order valence-corrected chi connectivity index (χ3v) is 17.2. The number of carbonyl (C=O) groups is 8. The first kappa shape index (κ1) is 65.6. The summed E-state index contributed by atoms with van der Waals surface area (Å²) in [6.07, 6.45) is 5.89. The second-order valence-corrected chi connectivity index (χ2v) is 24.1. The number of fused-ring (bicyclic) bond motifs is 6. The number of pyridine rings is 1. The summed E-state index contributed by atoms with van der Waals surface area (Å²) in [6.45, 7) is 9.62. The van der Waals surface area contributed by atoms with Gasteiger partial charge in [0.15, 0.2) is 5.78 Å². The van der Waals surface area contributed by atoms with Gasteiger partial charge in [0.2, 0.25) is 11.8 Å². The van der Waals surface area contributed by atoms with Crippen LogP contribution in [-0.2, 0) is 65.3 Å². The summed E-state index contributed by atoms with van der Waals surface area (Å²) in [5, 5.41) is 21.0. The molecule has 4 aliphatic rings. The number of halogens is 1. The first-order valence-corrected chi connectivity index (χ1v) is 29.8. The zero-order valence-corrected chi connectivity index (χ0v) is 50.8. The van der Waals surface area contributed by atoms with Crippen molar-refractivity contribution in [2.45, 2.75) is 173 Å². The number of ketones is 2. The molecule has 85 heavy (non-hydrogen) atoms. The van der Waals surface area contributed by atoms with Crippen LogP contribution in [0.3, 0.4) is 0 Å². The van der Waals surface area contributed by atoms with Crippen molar-refractivity contribution >= 4 is 81.3 Å². The standard InChI is InChI=1S/C63H83ClN6O15/c1-36(2)45(32-44(71)18-10-9-11-26-82-59(76)40-16-13-17-40)58(75)69-47(19-14-25-66-60(65)77)49(72)31-43-22-21-41-30-42(23-24-46(41)67-43)68-61(78)84-53-33-54(73)70(6)48-28-39(29-50(80-7)56(48)64)27-37(3)15-12-20-52(81-8)63(79)34-51(83-55(74)35-63)38(4)57-62(53,5)85-57/h12,15,20-24,28-30,36,38,40,45,47,51-53,57,79H,9-11,13-14,16-19,25-27,31-35H2,1-8H3,(H,68,78)(H,69,75)(H3,65,66,77)/b20-12+,37-15+/t38-,45+,47+,51+,52-,53+,57+,62+,63-/m1/s1. The molecule has 1 saturated carbocycles. The van der Waals surface area contributed by atoms with Gasteiger partial charge in [-0.1, -0.05) is 68.7 Å². The highest BCUT2D eigenvalue weighted by Gasteiger charge is 2.64. The molecule has 22 heteroatoms. The minimum atomic E-state index is -1.63. The number of nitrogens with zero attached hydrogens (tertiary/aromatic N) is 2. The molecule has 3 fully saturated rings. The van der Waals surface area contributed by atoms with Crippen LogP contribution in [-0.4, -0.2) is 134 Å².